The minimum Gasteiger partial charge on any atom is -0.394 e. The van der Waals surface area contributed by atoms with Gasteiger partial charge in [-0.1, -0.05) is 13.8 Å². The average molecular weight is 343 g/mol. The molecular weight excluding hydrogens is 318 g/mol. The lowest BCUT2D eigenvalue weighted by molar-refractivity contribution is -0.253. The Kier molecular flexibility index (Phi) is 5.46. The summed E-state index contributed by atoms with van der Waals surface area (Å²) in [5.41, 5.74) is -0.149. The van der Waals surface area contributed by atoms with Crippen LogP contribution in [0.2, 0.25) is 0 Å². The molecule has 1 unspecified atom stereocenters. The molecule has 1 saturated carbocycles. The molecule has 0 amide bonds. The Hall–Kier alpha value is -1.32. The maximum atomic E-state index is 12.3. The van der Waals surface area contributed by atoms with E-state index in [1.165, 1.54) is 6.92 Å². The number of aliphatic hydroxyl groups excluding tert-OH is 4. The molecule has 8 heteroatoms. The largest absolute Gasteiger partial charge is 0.394 e. The van der Waals surface area contributed by atoms with Crippen molar-refractivity contribution >= 4 is 11.6 Å². The number of hydrogen-bond acceptors (Lipinski definition) is 8. The van der Waals surface area contributed by atoms with Crippen LogP contribution >= 0.6 is 0 Å². The van der Waals surface area contributed by atoms with Crippen LogP contribution in [0, 0.1) is 5.41 Å². The van der Waals surface area contributed by atoms with Crippen LogP contribution in [0.3, 0.4) is 0 Å². The van der Waals surface area contributed by atoms with Crippen LogP contribution in [0.25, 0.3) is 0 Å². The standard InChI is InChI=1S/C16H25NO7/c1-7(11-8(19)4-16(2,3)5-9(11)20)17-12-14(22)13(21)10(6-18)24-15(12)23/h10,12-15,17-18,21-23H,4-6H2,1-3H3/t10-,12-,13+,14-,15?/m1/s1. The molecule has 1 saturated heterocycles. The number of ether oxygens (including phenoxy) is 1. The molecule has 8 nitrogen and oxygen atoms in total. The summed E-state index contributed by atoms with van der Waals surface area (Å²) in [4.78, 5) is 24.5. The Balaban J connectivity index is 2.20. The molecule has 0 aromatic heterocycles. The zero-order valence-corrected chi connectivity index (χ0v) is 14.0. The van der Waals surface area contributed by atoms with Crippen LogP contribution in [0.1, 0.15) is 33.6 Å². The predicted octanol–water partition coefficient (Wildman–Crippen LogP) is -1.39. The highest BCUT2D eigenvalue weighted by Gasteiger charge is 2.44. The van der Waals surface area contributed by atoms with Gasteiger partial charge in [0.15, 0.2) is 17.9 Å². The van der Waals surface area contributed by atoms with Crippen LogP contribution in [-0.4, -0.2) is 69.2 Å². The summed E-state index contributed by atoms with van der Waals surface area (Å²) in [7, 11) is 0. The molecule has 0 bridgehead atoms. The highest BCUT2D eigenvalue weighted by atomic mass is 16.6. The van der Waals surface area contributed by atoms with Crippen molar-refractivity contribution in [3.63, 3.8) is 0 Å². The van der Waals surface area contributed by atoms with E-state index in [1.807, 2.05) is 13.8 Å². The SMILES string of the molecule is CC(N[C@H]1C(O)O[C@H](CO)[C@H](O)[C@@H]1O)=C1C(=O)CC(C)(C)CC1=O. The summed E-state index contributed by atoms with van der Waals surface area (Å²) in [5.74, 6) is -0.591. The molecule has 2 rings (SSSR count). The van der Waals surface area contributed by atoms with Crippen molar-refractivity contribution in [2.45, 2.75) is 64.3 Å². The number of carbonyl (C=O) groups excluding carboxylic acids is 2. The van der Waals surface area contributed by atoms with Crippen LogP contribution in [0.5, 0.6) is 0 Å². The van der Waals surface area contributed by atoms with E-state index in [2.05, 4.69) is 5.32 Å². The first-order valence-electron chi connectivity index (χ1n) is 7.91. The van der Waals surface area contributed by atoms with Crippen LogP contribution in [0.15, 0.2) is 11.3 Å². The van der Waals surface area contributed by atoms with Crippen molar-refractivity contribution in [1.82, 2.24) is 5.32 Å². The van der Waals surface area contributed by atoms with Gasteiger partial charge in [0.1, 0.15) is 24.4 Å². The molecule has 5 N–H and O–H groups in total. The number of allylic oxidation sites excluding steroid dienone is 2. The lowest BCUT2D eigenvalue weighted by atomic mass is 9.73. The van der Waals surface area contributed by atoms with E-state index in [9.17, 15) is 24.9 Å². The quantitative estimate of drug-likeness (QED) is 0.312. The van der Waals surface area contributed by atoms with Gasteiger partial charge in [-0.2, -0.15) is 0 Å². The third-order valence-electron chi connectivity index (χ3n) is 4.49. The minimum atomic E-state index is -1.51. The first-order chi connectivity index (χ1) is 11.1. The van der Waals surface area contributed by atoms with E-state index in [0.717, 1.165) is 0 Å². The molecule has 1 aliphatic heterocycles. The molecule has 1 heterocycles. The van der Waals surface area contributed by atoms with E-state index in [1.54, 1.807) is 0 Å². The molecule has 24 heavy (non-hydrogen) atoms. The number of aliphatic hydroxyl groups is 4. The van der Waals surface area contributed by atoms with Crippen LogP contribution < -0.4 is 5.32 Å². The van der Waals surface area contributed by atoms with Crippen molar-refractivity contribution in [1.29, 1.82) is 0 Å². The number of hydrogen-bond donors (Lipinski definition) is 5. The summed E-state index contributed by atoms with van der Waals surface area (Å²) in [6, 6.07) is -1.13. The first-order valence-corrected chi connectivity index (χ1v) is 7.91. The molecule has 136 valence electrons. The molecule has 1 aliphatic carbocycles. The fourth-order valence-electron chi connectivity index (χ4n) is 3.26. The fraction of sp³-hybridized carbons (Fsp3) is 0.750. The van der Waals surface area contributed by atoms with Gasteiger partial charge in [0.2, 0.25) is 0 Å². The van der Waals surface area contributed by atoms with Gasteiger partial charge in [0.05, 0.1) is 12.2 Å². The smallest absolute Gasteiger partial charge is 0.178 e. The van der Waals surface area contributed by atoms with Gasteiger partial charge in [-0.3, -0.25) is 9.59 Å². The second-order valence-corrected chi connectivity index (χ2v) is 7.26. The van der Waals surface area contributed by atoms with Crippen LogP contribution in [0.4, 0.5) is 0 Å². The first kappa shape index (κ1) is 19.0. The van der Waals surface area contributed by atoms with Crippen molar-refractivity contribution in [2.75, 3.05) is 6.61 Å². The number of nitrogens with one attached hydrogen (secondary N) is 1. The predicted molar refractivity (Wildman–Crippen MR) is 82.6 cm³/mol. The van der Waals surface area contributed by atoms with Gasteiger partial charge in [-0.15, -0.1) is 0 Å². The number of carbonyl (C=O) groups is 2. The topological polar surface area (TPSA) is 136 Å². The Morgan fingerprint density at radius 1 is 1.17 bits per heavy atom. The summed E-state index contributed by atoms with van der Waals surface area (Å²) >= 11 is 0. The number of Topliss-reactive ketones (excluding diaryl/α,β-unsaturated/α-hetero) is 2. The van der Waals surface area contributed by atoms with Crippen molar-refractivity contribution in [3.05, 3.63) is 11.3 Å². The Labute approximate surface area is 140 Å². The highest BCUT2D eigenvalue weighted by Crippen LogP contribution is 2.34. The molecule has 0 aromatic rings. The lowest BCUT2D eigenvalue weighted by Crippen LogP contribution is -2.63. The van der Waals surface area contributed by atoms with E-state index in [4.69, 9.17) is 9.84 Å². The van der Waals surface area contributed by atoms with Crippen molar-refractivity contribution < 1.29 is 34.8 Å². The summed E-state index contributed by atoms with van der Waals surface area (Å²) in [6.45, 7) is 4.63. The zero-order valence-electron chi connectivity index (χ0n) is 14.0. The van der Waals surface area contributed by atoms with Gasteiger partial charge in [0, 0.05) is 18.5 Å². The molecular formula is C16H25NO7. The van der Waals surface area contributed by atoms with Gasteiger partial charge in [0.25, 0.3) is 0 Å². The Morgan fingerprint density at radius 3 is 2.21 bits per heavy atom. The third-order valence-corrected chi connectivity index (χ3v) is 4.49. The van der Waals surface area contributed by atoms with Gasteiger partial charge < -0.3 is 30.5 Å². The maximum Gasteiger partial charge on any atom is 0.178 e. The van der Waals surface area contributed by atoms with E-state index in [0.29, 0.717) is 0 Å². The molecule has 0 spiro atoms. The lowest BCUT2D eigenvalue weighted by Gasteiger charge is -2.41. The zero-order chi connectivity index (χ0) is 18.2. The third kappa shape index (κ3) is 3.68. The second-order valence-electron chi connectivity index (χ2n) is 7.26. The van der Waals surface area contributed by atoms with Crippen LogP contribution in [-0.2, 0) is 14.3 Å². The van der Waals surface area contributed by atoms with E-state index >= 15 is 0 Å². The Bertz CT molecular complexity index is 535. The molecule has 0 radical (unpaired) electrons. The van der Waals surface area contributed by atoms with Crippen molar-refractivity contribution in [3.8, 4) is 0 Å². The highest BCUT2D eigenvalue weighted by molar-refractivity contribution is 6.22. The Morgan fingerprint density at radius 2 is 1.71 bits per heavy atom. The maximum absolute atomic E-state index is 12.3. The molecule has 5 atom stereocenters. The summed E-state index contributed by atoms with van der Waals surface area (Å²) in [5, 5.41) is 41.7. The van der Waals surface area contributed by atoms with E-state index in [-0.39, 0.29) is 35.7 Å². The number of rotatable bonds is 3. The van der Waals surface area contributed by atoms with Crippen molar-refractivity contribution in [2.24, 2.45) is 5.41 Å². The summed E-state index contributed by atoms with van der Waals surface area (Å²) in [6.07, 6.45) is -5.01. The normalized spacial score (nSPS) is 36.6. The average Bonchev–Trinajstić information content (AvgIpc) is 2.45. The van der Waals surface area contributed by atoms with Gasteiger partial charge in [-0.25, -0.2) is 0 Å². The number of ketones is 2. The molecule has 2 aliphatic rings. The summed E-state index contributed by atoms with van der Waals surface area (Å²) < 4.78 is 5.05. The van der Waals surface area contributed by atoms with Gasteiger partial charge in [-0.05, 0) is 12.3 Å². The molecule has 2 fully saturated rings. The second kappa shape index (κ2) is 6.89. The van der Waals surface area contributed by atoms with Gasteiger partial charge >= 0.3 is 0 Å². The monoisotopic (exact) mass is 343 g/mol. The minimum absolute atomic E-state index is 0.0208. The van der Waals surface area contributed by atoms with E-state index < -0.39 is 42.7 Å². The fourth-order valence-corrected chi connectivity index (χ4v) is 3.26. The molecule has 0 aromatic carbocycles.